The third kappa shape index (κ3) is 2.24. The molecule has 0 bridgehead atoms. The minimum atomic E-state index is -0.0938. The summed E-state index contributed by atoms with van der Waals surface area (Å²) in [6, 6.07) is 0.414. The molecule has 1 aromatic rings. The van der Waals surface area contributed by atoms with E-state index in [1.165, 1.54) is 12.8 Å². The molecule has 1 saturated heterocycles. The lowest BCUT2D eigenvalue weighted by atomic mass is 10.2. The highest BCUT2D eigenvalue weighted by atomic mass is 16.3. The summed E-state index contributed by atoms with van der Waals surface area (Å²) in [4.78, 5) is 17.6. The predicted molar refractivity (Wildman–Crippen MR) is 59.2 cm³/mol. The maximum atomic E-state index is 12.0. The Morgan fingerprint density at radius 1 is 1.75 bits per heavy atom. The molecule has 88 valence electrons. The number of carbonyl (C=O) groups is 1. The van der Waals surface area contributed by atoms with Crippen molar-refractivity contribution in [3.8, 4) is 0 Å². The molecule has 1 aliphatic heterocycles. The van der Waals surface area contributed by atoms with Crippen molar-refractivity contribution in [3.63, 3.8) is 0 Å². The van der Waals surface area contributed by atoms with Crippen molar-refractivity contribution in [1.29, 1.82) is 0 Å². The number of rotatable bonds is 3. The number of aromatic nitrogens is 1. The number of hydrogen-bond donors (Lipinski definition) is 1. The predicted octanol–water partition coefficient (Wildman–Crippen LogP) is 0.807. The van der Waals surface area contributed by atoms with E-state index in [9.17, 15) is 4.79 Å². The highest BCUT2D eigenvalue weighted by Crippen LogP contribution is 2.11. The van der Waals surface area contributed by atoms with Gasteiger partial charge in [-0.15, -0.1) is 0 Å². The summed E-state index contributed by atoms with van der Waals surface area (Å²) in [7, 11) is 1.80. The molecule has 1 aromatic heterocycles. The Morgan fingerprint density at radius 2 is 2.56 bits per heavy atom. The van der Waals surface area contributed by atoms with Crippen molar-refractivity contribution in [3.05, 3.63) is 17.8 Å². The molecule has 5 nitrogen and oxygen atoms in total. The molecule has 5 heteroatoms. The summed E-state index contributed by atoms with van der Waals surface area (Å²) in [6.07, 6.45) is 3.63. The lowest BCUT2D eigenvalue weighted by Crippen LogP contribution is -2.38. The zero-order valence-corrected chi connectivity index (χ0v) is 9.69. The number of likely N-dealkylation sites (N-methyl/N-ethyl adjacent to an activating group) is 1. The second-order valence-electron chi connectivity index (χ2n) is 4.25. The highest BCUT2D eigenvalue weighted by molar-refractivity contribution is 5.92. The first-order chi connectivity index (χ1) is 7.68. The van der Waals surface area contributed by atoms with Crippen LogP contribution in [-0.2, 0) is 0 Å². The van der Waals surface area contributed by atoms with Gasteiger partial charge in [-0.05, 0) is 26.3 Å². The molecule has 0 saturated carbocycles. The fraction of sp³-hybridized carbons (Fsp3) is 0.636. The molecular weight excluding hydrogens is 206 g/mol. The van der Waals surface area contributed by atoms with Crippen molar-refractivity contribution in [1.82, 2.24) is 15.2 Å². The minimum Gasteiger partial charge on any atom is -0.438 e. The van der Waals surface area contributed by atoms with Crippen LogP contribution in [0.3, 0.4) is 0 Å². The summed E-state index contributed by atoms with van der Waals surface area (Å²) < 4.78 is 5.09. The van der Waals surface area contributed by atoms with Crippen molar-refractivity contribution in [2.24, 2.45) is 0 Å². The van der Waals surface area contributed by atoms with Gasteiger partial charge in [0.15, 0.2) is 6.39 Å². The van der Waals surface area contributed by atoms with Gasteiger partial charge < -0.3 is 14.6 Å². The molecule has 1 atom stereocenters. The Balaban J connectivity index is 1.96. The van der Waals surface area contributed by atoms with Crippen LogP contribution in [-0.4, -0.2) is 42.0 Å². The van der Waals surface area contributed by atoms with Crippen molar-refractivity contribution in [2.45, 2.75) is 25.8 Å². The quantitative estimate of drug-likeness (QED) is 0.823. The van der Waals surface area contributed by atoms with Gasteiger partial charge in [0.2, 0.25) is 5.76 Å². The number of aryl methyl sites for hydroxylation is 1. The molecule has 16 heavy (non-hydrogen) atoms. The maximum absolute atomic E-state index is 12.0. The fourth-order valence-corrected chi connectivity index (χ4v) is 2.01. The zero-order valence-electron chi connectivity index (χ0n) is 9.69. The van der Waals surface area contributed by atoms with E-state index in [-0.39, 0.29) is 5.91 Å². The average molecular weight is 223 g/mol. The Bertz CT molecular complexity index is 369. The van der Waals surface area contributed by atoms with Gasteiger partial charge in [-0.25, -0.2) is 4.98 Å². The van der Waals surface area contributed by atoms with Crippen LogP contribution in [0.15, 0.2) is 10.8 Å². The molecule has 0 radical (unpaired) electrons. The second-order valence-corrected chi connectivity index (χ2v) is 4.25. The van der Waals surface area contributed by atoms with Gasteiger partial charge in [0.05, 0.1) is 5.69 Å². The number of nitrogens with one attached hydrogen (secondary N) is 1. The Morgan fingerprint density at radius 3 is 3.12 bits per heavy atom. The van der Waals surface area contributed by atoms with E-state index in [1.54, 1.807) is 18.9 Å². The van der Waals surface area contributed by atoms with Crippen LogP contribution in [0.1, 0.15) is 29.1 Å². The average Bonchev–Trinajstić information content (AvgIpc) is 2.88. The normalized spacial score (nSPS) is 20.0. The van der Waals surface area contributed by atoms with Crippen LogP contribution < -0.4 is 5.32 Å². The number of amides is 1. The van der Waals surface area contributed by atoms with Crippen molar-refractivity contribution >= 4 is 5.91 Å². The Hall–Kier alpha value is -1.36. The molecule has 1 N–H and O–H groups in total. The van der Waals surface area contributed by atoms with Crippen molar-refractivity contribution in [2.75, 3.05) is 20.1 Å². The van der Waals surface area contributed by atoms with Crippen LogP contribution in [0.4, 0.5) is 0 Å². The third-order valence-corrected chi connectivity index (χ3v) is 2.94. The number of carbonyl (C=O) groups excluding carboxylic acids is 1. The summed E-state index contributed by atoms with van der Waals surface area (Å²) in [5, 5.41) is 3.36. The molecule has 0 aromatic carbocycles. The fourth-order valence-electron chi connectivity index (χ4n) is 2.01. The first kappa shape index (κ1) is 11.1. The molecule has 2 rings (SSSR count). The zero-order chi connectivity index (χ0) is 11.5. The second kappa shape index (κ2) is 4.65. The topological polar surface area (TPSA) is 58.4 Å². The Kier molecular flexibility index (Phi) is 3.24. The molecule has 1 aliphatic rings. The molecule has 1 unspecified atom stereocenters. The Labute approximate surface area is 94.8 Å². The summed E-state index contributed by atoms with van der Waals surface area (Å²) in [6.45, 7) is 3.55. The lowest BCUT2D eigenvalue weighted by molar-refractivity contribution is 0.0751. The van der Waals surface area contributed by atoms with Gasteiger partial charge in [-0.3, -0.25) is 4.79 Å². The molecule has 0 aliphatic carbocycles. The van der Waals surface area contributed by atoms with Crippen LogP contribution in [0.2, 0.25) is 0 Å². The highest BCUT2D eigenvalue weighted by Gasteiger charge is 2.22. The van der Waals surface area contributed by atoms with E-state index in [2.05, 4.69) is 10.3 Å². The molecule has 1 amide bonds. The van der Waals surface area contributed by atoms with Gasteiger partial charge in [0.1, 0.15) is 0 Å². The van der Waals surface area contributed by atoms with E-state index in [4.69, 9.17) is 4.42 Å². The summed E-state index contributed by atoms with van der Waals surface area (Å²) in [5.41, 5.74) is 0.649. The first-order valence-corrected chi connectivity index (χ1v) is 5.57. The molecule has 2 heterocycles. The first-order valence-electron chi connectivity index (χ1n) is 5.57. The van der Waals surface area contributed by atoms with Gasteiger partial charge >= 0.3 is 0 Å². The third-order valence-electron chi connectivity index (χ3n) is 2.94. The lowest BCUT2D eigenvalue weighted by Gasteiger charge is -2.20. The minimum absolute atomic E-state index is 0.0938. The molecule has 0 spiro atoms. The van der Waals surface area contributed by atoms with E-state index >= 15 is 0 Å². The van der Waals surface area contributed by atoms with Crippen LogP contribution in [0.25, 0.3) is 0 Å². The summed E-state index contributed by atoms with van der Waals surface area (Å²) >= 11 is 0. The molecule has 1 fully saturated rings. The standard InChI is InChI=1S/C11H17N3O2/c1-8-10(16-7-13-8)11(15)14(2)6-9-4-3-5-12-9/h7,9,12H,3-6H2,1-2H3. The summed E-state index contributed by atoms with van der Waals surface area (Å²) in [5.74, 6) is 0.254. The molecular formula is C11H17N3O2. The SMILES string of the molecule is Cc1ncoc1C(=O)N(C)CC1CCCN1. The van der Waals surface area contributed by atoms with E-state index < -0.39 is 0 Å². The monoisotopic (exact) mass is 223 g/mol. The van der Waals surface area contributed by atoms with Crippen LogP contribution in [0.5, 0.6) is 0 Å². The van der Waals surface area contributed by atoms with Crippen LogP contribution >= 0.6 is 0 Å². The largest absolute Gasteiger partial charge is 0.438 e. The van der Waals surface area contributed by atoms with Gasteiger partial charge in [-0.1, -0.05) is 0 Å². The number of hydrogen-bond acceptors (Lipinski definition) is 4. The van der Waals surface area contributed by atoms with E-state index in [1.807, 2.05) is 0 Å². The number of oxazole rings is 1. The van der Waals surface area contributed by atoms with Gasteiger partial charge in [0, 0.05) is 19.6 Å². The number of nitrogens with zero attached hydrogens (tertiary/aromatic N) is 2. The van der Waals surface area contributed by atoms with E-state index in [0.717, 1.165) is 19.5 Å². The van der Waals surface area contributed by atoms with Gasteiger partial charge in [0.25, 0.3) is 5.91 Å². The van der Waals surface area contributed by atoms with Crippen molar-refractivity contribution < 1.29 is 9.21 Å². The van der Waals surface area contributed by atoms with E-state index in [0.29, 0.717) is 17.5 Å². The smallest absolute Gasteiger partial charge is 0.291 e. The maximum Gasteiger partial charge on any atom is 0.291 e. The van der Waals surface area contributed by atoms with Gasteiger partial charge in [-0.2, -0.15) is 0 Å². The van der Waals surface area contributed by atoms with Crippen LogP contribution in [0, 0.1) is 6.92 Å².